The van der Waals surface area contributed by atoms with Gasteiger partial charge >= 0.3 is 0 Å². The molecule has 1 N–H and O–H groups in total. The number of aliphatic hydroxyl groups excluding tert-OH is 1. The Labute approximate surface area is 167 Å². The number of thiazole rings is 1. The summed E-state index contributed by atoms with van der Waals surface area (Å²) in [5.41, 5.74) is 1.23. The van der Waals surface area contributed by atoms with E-state index in [1.54, 1.807) is 5.38 Å². The summed E-state index contributed by atoms with van der Waals surface area (Å²) in [4.78, 5) is 6.23. The zero-order valence-electron chi connectivity index (χ0n) is 15.5. The van der Waals surface area contributed by atoms with Gasteiger partial charge in [0.15, 0.2) is 0 Å². The highest BCUT2D eigenvalue weighted by atomic mass is 32.1. The smallest absolute Gasteiger partial charge is 0.135 e. The first-order chi connectivity index (χ1) is 13.5. The van der Waals surface area contributed by atoms with Crippen LogP contribution in [0.5, 0.6) is 0 Å². The highest BCUT2D eigenvalue weighted by Gasteiger charge is 2.16. The monoisotopic (exact) mass is 404 g/mol. The molecule has 0 radical (unpaired) electrons. The third-order valence-corrected chi connectivity index (χ3v) is 4.95. The molecule has 2 aromatic carbocycles. The maximum absolute atomic E-state index is 13.9. The van der Waals surface area contributed by atoms with Gasteiger partial charge in [0.1, 0.15) is 16.6 Å². The van der Waals surface area contributed by atoms with Gasteiger partial charge < -0.3 is 9.84 Å². The molecule has 4 nitrogen and oxygen atoms in total. The second-order valence-corrected chi connectivity index (χ2v) is 7.52. The van der Waals surface area contributed by atoms with E-state index in [0.29, 0.717) is 19.7 Å². The van der Waals surface area contributed by atoms with Crippen molar-refractivity contribution in [2.75, 3.05) is 20.2 Å². The lowest BCUT2D eigenvalue weighted by atomic mass is 10.1. The van der Waals surface area contributed by atoms with Crippen LogP contribution in [-0.2, 0) is 17.9 Å². The summed E-state index contributed by atoms with van der Waals surface area (Å²) in [6.45, 7) is 1.54. The first-order valence-electron chi connectivity index (χ1n) is 8.90. The van der Waals surface area contributed by atoms with E-state index in [1.165, 1.54) is 29.5 Å². The average Bonchev–Trinajstić information content (AvgIpc) is 3.10. The normalized spacial score (nSPS) is 12.5. The third kappa shape index (κ3) is 5.65. The van der Waals surface area contributed by atoms with E-state index in [9.17, 15) is 13.9 Å². The fraction of sp³-hybridized carbons (Fsp3) is 0.286. The topological polar surface area (TPSA) is 45.6 Å². The molecule has 0 saturated carbocycles. The minimum Gasteiger partial charge on any atom is -0.389 e. The van der Waals surface area contributed by atoms with Crippen molar-refractivity contribution >= 4 is 11.3 Å². The number of aliphatic hydroxyl groups is 1. The van der Waals surface area contributed by atoms with Crippen molar-refractivity contribution < 1.29 is 18.6 Å². The number of likely N-dealkylation sites (N-methyl/N-ethyl adjacent to an activating group) is 1. The lowest BCUT2D eigenvalue weighted by Crippen LogP contribution is -2.31. The number of halogens is 2. The minimum atomic E-state index is -0.642. The maximum Gasteiger partial charge on any atom is 0.135 e. The Bertz CT molecular complexity index is 869. The summed E-state index contributed by atoms with van der Waals surface area (Å²) < 4.78 is 33.3. The lowest BCUT2D eigenvalue weighted by molar-refractivity contribution is 0.0127. The van der Waals surface area contributed by atoms with E-state index < -0.39 is 17.7 Å². The SMILES string of the molecule is CN(Cc1nc(-c2c(F)cccc2F)cs1)C[C@H](O)COCc1ccccc1. The predicted octanol–water partition coefficient (Wildman–Crippen LogP) is 4.10. The molecule has 3 rings (SSSR count). The number of benzene rings is 2. The van der Waals surface area contributed by atoms with E-state index in [2.05, 4.69) is 4.98 Å². The maximum atomic E-state index is 13.9. The van der Waals surface area contributed by atoms with Gasteiger partial charge in [-0.2, -0.15) is 0 Å². The van der Waals surface area contributed by atoms with Crippen molar-refractivity contribution in [2.24, 2.45) is 0 Å². The van der Waals surface area contributed by atoms with E-state index in [0.717, 1.165) is 10.6 Å². The van der Waals surface area contributed by atoms with Gasteiger partial charge in [-0.15, -0.1) is 11.3 Å². The van der Waals surface area contributed by atoms with Crippen LogP contribution >= 0.6 is 11.3 Å². The van der Waals surface area contributed by atoms with Crippen molar-refractivity contribution in [3.05, 3.63) is 76.1 Å². The molecule has 1 aromatic heterocycles. The number of nitrogens with zero attached hydrogens (tertiary/aromatic N) is 2. The van der Waals surface area contributed by atoms with E-state index in [1.807, 2.05) is 42.3 Å². The molecule has 1 atom stereocenters. The fourth-order valence-electron chi connectivity index (χ4n) is 2.84. The summed E-state index contributed by atoms with van der Waals surface area (Å²) in [5.74, 6) is -1.26. The number of rotatable bonds is 9. The molecule has 28 heavy (non-hydrogen) atoms. The zero-order valence-corrected chi connectivity index (χ0v) is 16.3. The van der Waals surface area contributed by atoms with Gasteiger partial charge in [-0.25, -0.2) is 13.8 Å². The van der Waals surface area contributed by atoms with Crippen molar-refractivity contribution in [2.45, 2.75) is 19.3 Å². The Kier molecular flexibility index (Phi) is 7.22. The van der Waals surface area contributed by atoms with Crippen LogP contribution in [-0.4, -0.2) is 41.3 Å². The van der Waals surface area contributed by atoms with Crippen LogP contribution in [0, 0.1) is 11.6 Å². The molecule has 0 amide bonds. The van der Waals surface area contributed by atoms with Crippen molar-refractivity contribution in [1.29, 1.82) is 0 Å². The lowest BCUT2D eigenvalue weighted by Gasteiger charge is -2.19. The van der Waals surface area contributed by atoms with E-state index >= 15 is 0 Å². The molecule has 0 saturated heterocycles. The Morgan fingerprint density at radius 2 is 1.82 bits per heavy atom. The fourth-order valence-corrected chi connectivity index (χ4v) is 3.70. The summed E-state index contributed by atoms with van der Waals surface area (Å²) in [6.07, 6.45) is -0.642. The van der Waals surface area contributed by atoms with E-state index in [4.69, 9.17) is 4.74 Å². The van der Waals surface area contributed by atoms with Crippen LogP contribution in [0.4, 0.5) is 8.78 Å². The second kappa shape index (κ2) is 9.84. The predicted molar refractivity (Wildman–Crippen MR) is 106 cm³/mol. The molecule has 0 bridgehead atoms. The minimum absolute atomic E-state index is 0.109. The van der Waals surface area contributed by atoms with Crippen LogP contribution < -0.4 is 0 Å². The molecular weight excluding hydrogens is 382 g/mol. The Morgan fingerprint density at radius 3 is 2.54 bits per heavy atom. The largest absolute Gasteiger partial charge is 0.389 e. The molecule has 0 fully saturated rings. The third-order valence-electron chi connectivity index (χ3n) is 4.12. The van der Waals surface area contributed by atoms with Crippen molar-refractivity contribution in [1.82, 2.24) is 9.88 Å². The molecule has 3 aromatic rings. The molecule has 0 unspecified atom stereocenters. The van der Waals surface area contributed by atoms with Crippen LogP contribution in [0.25, 0.3) is 11.3 Å². The van der Waals surface area contributed by atoms with Crippen LogP contribution in [0.3, 0.4) is 0 Å². The first-order valence-corrected chi connectivity index (χ1v) is 9.78. The van der Waals surface area contributed by atoms with Gasteiger partial charge in [0, 0.05) is 11.9 Å². The van der Waals surface area contributed by atoms with Gasteiger partial charge in [0.05, 0.1) is 37.1 Å². The summed E-state index contributed by atoms with van der Waals surface area (Å²) in [5, 5.41) is 12.5. The molecule has 0 aliphatic rings. The Morgan fingerprint density at radius 1 is 1.11 bits per heavy atom. The molecule has 0 aliphatic heterocycles. The number of aromatic nitrogens is 1. The first kappa shape index (κ1) is 20.5. The molecule has 0 spiro atoms. The van der Waals surface area contributed by atoms with Crippen LogP contribution in [0.2, 0.25) is 0 Å². The van der Waals surface area contributed by atoms with Crippen molar-refractivity contribution in [3.63, 3.8) is 0 Å². The molecule has 1 heterocycles. The van der Waals surface area contributed by atoms with Crippen molar-refractivity contribution in [3.8, 4) is 11.3 Å². The average molecular weight is 404 g/mol. The molecule has 7 heteroatoms. The Hall–Kier alpha value is -2.19. The Balaban J connectivity index is 1.48. The van der Waals surface area contributed by atoms with Crippen LogP contribution in [0.1, 0.15) is 10.6 Å². The number of hydrogen-bond acceptors (Lipinski definition) is 5. The van der Waals surface area contributed by atoms with Crippen LogP contribution in [0.15, 0.2) is 53.9 Å². The molecule has 148 valence electrons. The van der Waals surface area contributed by atoms with Gasteiger partial charge in [-0.1, -0.05) is 36.4 Å². The summed E-state index contributed by atoms with van der Waals surface area (Å²) in [7, 11) is 1.85. The number of hydrogen-bond donors (Lipinski definition) is 1. The zero-order chi connectivity index (χ0) is 19.9. The molecule has 0 aliphatic carbocycles. The van der Waals surface area contributed by atoms with Gasteiger partial charge in [0.25, 0.3) is 0 Å². The summed E-state index contributed by atoms with van der Waals surface area (Å²) >= 11 is 1.33. The standard InChI is InChI=1S/C21H22F2N2O2S/c1-25(10-16(26)13-27-12-15-6-3-2-4-7-15)11-20-24-19(14-28-20)21-17(22)8-5-9-18(21)23/h2-9,14,16,26H,10-13H2,1H3/t16-/m0/s1. The van der Waals surface area contributed by atoms with Gasteiger partial charge in [-0.3, -0.25) is 4.90 Å². The number of ether oxygens (including phenoxy) is 1. The quantitative estimate of drug-likeness (QED) is 0.583. The van der Waals surface area contributed by atoms with Gasteiger partial charge in [0.2, 0.25) is 0 Å². The summed E-state index contributed by atoms with van der Waals surface area (Å²) in [6, 6.07) is 13.5. The van der Waals surface area contributed by atoms with Gasteiger partial charge in [-0.05, 0) is 24.7 Å². The van der Waals surface area contributed by atoms with E-state index in [-0.39, 0.29) is 17.9 Å². The second-order valence-electron chi connectivity index (χ2n) is 6.57. The highest BCUT2D eigenvalue weighted by Crippen LogP contribution is 2.27. The molecular formula is C21H22F2N2O2S. The highest BCUT2D eigenvalue weighted by molar-refractivity contribution is 7.09.